The first-order valence-corrected chi connectivity index (χ1v) is 7.88. The molecule has 2 heterocycles. The molecule has 1 aliphatic rings. The van der Waals surface area contributed by atoms with E-state index in [1.54, 1.807) is 6.20 Å². The molecule has 6 nitrogen and oxygen atoms in total. The summed E-state index contributed by atoms with van der Waals surface area (Å²) in [5.41, 5.74) is 0. The first kappa shape index (κ1) is 13.4. The van der Waals surface area contributed by atoms with Crippen LogP contribution in [-0.2, 0) is 0 Å². The highest BCUT2D eigenvalue weighted by Crippen LogP contribution is 2.32. The van der Waals surface area contributed by atoms with Gasteiger partial charge in [0.25, 0.3) is 4.96 Å². The summed E-state index contributed by atoms with van der Waals surface area (Å²) in [5, 5.41) is 16.2. The van der Waals surface area contributed by atoms with Crippen molar-refractivity contribution in [2.45, 2.75) is 32.6 Å². The van der Waals surface area contributed by atoms with Crippen LogP contribution in [0.3, 0.4) is 0 Å². The van der Waals surface area contributed by atoms with Crippen molar-refractivity contribution >= 4 is 27.9 Å². The summed E-state index contributed by atoms with van der Waals surface area (Å²) in [6.45, 7) is 3.04. The van der Waals surface area contributed by atoms with E-state index in [1.807, 2.05) is 5.38 Å². The molecule has 0 saturated heterocycles. The second-order valence-corrected chi connectivity index (χ2v) is 6.37. The number of imidazole rings is 1. The SMILES string of the molecule is CC1CCCCC1CNc1nc2sccn2c1[N+](=O)[O-]. The van der Waals surface area contributed by atoms with Crippen LogP contribution in [0.15, 0.2) is 11.6 Å². The molecular weight excluding hydrogens is 276 g/mol. The smallest absolute Gasteiger partial charge is 0.363 e. The number of nitrogens with zero attached hydrogens (tertiary/aromatic N) is 3. The zero-order valence-electron chi connectivity index (χ0n) is 11.4. The van der Waals surface area contributed by atoms with Crippen LogP contribution in [0.2, 0.25) is 0 Å². The number of nitro groups is 1. The summed E-state index contributed by atoms with van der Waals surface area (Å²) in [5.74, 6) is 1.71. The van der Waals surface area contributed by atoms with E-state index in [9.17, 15) is 10.1 Å². The molecular formula is C13H18N4O2S. The zero-order valence-corrected chi connectivity index (χ0v) is 12.2. The lowest BCUT2D eigenvalue weighted by Gasteiger charge is -2.28. The fraction of sp³-hybridized carbons (Fsp3) is 0.615. The summed E-state index contributed by atoms with van der Waals surface area (Å²) in [6.07, 6.45) is 6.71. The van der Waals surface area contributed by atoms with Gasteiger partial charge >= 0.3 is 5.82 Å². The number of fused-ring (bicyclic) bond motifs is 1. The van der Waals surface area contributed by atoms with E-state index in [2.05, 4.69) is 17.2 Å². The summed E-state index contributed by atoms with van der Waals surface area (Å²) < 4.78 is 1.54. The van der Waals surface area contributed by atoms with Crippen molar-refractivity contribution in [3.63, 3.8) is 0 Å². The predicted molar refractivity (Wildman–Crippen MR) is 79.3 cm³/mol. The molecule has 0 spiro atoms. The summed E-state index contributed by atoms with van der Waals surface area (Å²) >= 11 is 1.41. The van der Waals surface area contributed by atoms with Gasteiger partial charge in [0.1, 0.15) is 6.20 Å². The summed E-state index contributed by atoms with van der Waals surface area (Å²) in [6, 6.07) is 0. The third kappa shape index (κ3) is 2.37. The molecule has 20 heavy (non-hydrogen) atoms. The largest absolute Gasteiger partial charge is 0.372 e. The summed E-state index contributed by atoms with van der Waals surface area (Å²) in [7, 11) is 0. The van der Waals surface area contributed by atoms with Gasteiger partial charge in [-0.15, -0.1) is 0 Å². The van der Waals surface area contributed by atoms with E-state index >= 15 is 0 Å². The Labute approximate surface area is 121 Å². The lowest BCUT2D eigenvalue weighted by Crippen LogP contribution is -2.24. The van der Waals surface area contributed by atoms with Gasteiger partial charge in [-0.3, -0.25) is 0 Å². The van der Waals surface area contributed by atoms with Gasteiger partial charge in [0.2, 0.25) is 5.82 Å². The molecule has 0 bridgehead atoms. The predicted octanol–water partition coefficient (Wildman–Crippen LogP) is 3.54. The highest BCUT2D eigenvalue weighted by Gasteiger charge is 2.26. The van der Waals surface area contributed by atoms with E-state index in [1.165, 1.54) is 41.4 Å². The normalized spacial score (nSPS) is 23.1. The number of aromatic nitrogens is 2. The molecule has 2 atom stereocenters. The van der Waals surface area contributed by atoms with Gasteiger partial charge in [-0.1, -0.05) is 37.5 Å². The van der Waals surface area contributed by atoms with Crippen molar-refractivity contribution in [2.75, 3.05) is 11.9 Å². The molecule has 0 amide bonds. The third-order valence-electron chi connectivity index (χ3n) is 4.23. The summed E-state index contributed by atoms with van der Waals surface area (Å²) in [4.78, 5) is 15.9. The number of thiazole rings is 1. The van der Waals surface area contributed by atoms with Crippen LogP contribution >= 0.6 is 11.3 Å². The number of rotatable bonds is 4. The van der Waals surface area contributed by atoms with Crippen molar-refractivity contribution < 1.29 is 4.92 Å². The second-order valence-electron chi connectivity index (χ2n) is 5.50. The molecule has 1 N–H and O–H groups in total. The minimum atomic E-state index is -0.362. The second kappa shape index (κ2) is 5.40. The van der Waals surface area contributed by atoms with E-state index in [-0.39, 0.29) is 10.7 Å². The lowest BCUT2D eigenvalue weighted by atomic mass is 9.80. The molecule has 0 aliphatic heterocycles. The van der Waals surface area contributed by atoms with Crippen molar-refractivity contribution in [2.24, 2.45) is 11.8 Å². The lowest BCUT2D eigenvalue weighted by molar-refractivity contribution is -0.389. The minimum absolute atomic E-state index is 0.0460. The molecule has 0 aromatic carbocycles. The molecule has 1 fully saturated rings. The highest BCUT2D eigenvalue weighted by molar-refractivity contribution is 7.15. The molecule has 0 radical (unpaired) electrons. The molecule has 1 aliphatic carbocycles. The van der Waals surface area contributed by atoms with Crippen LogP contribution in [0.4, 0.5) is 11.6 Å². The Morgan fingerprint density at radius 3 is 3.10 bits per heavy atom. The van der Waals surface area contributed by atoms with Crippen LogP contribution in [0.5, 0.6) is 0 Å². The van der Waals surface area contributed by atoms with Gasteiger partial charge in [-0.2, -0.15) is 9.38 Å². The molecule has 2 unspecified atom stereocenters. The van der Waals surface area contributed by atoms with Gasteiger partial charge in [-0.05, 0) is 23.2 Å². The topological polar surface area (TPSA) is 72.5 Å². The fourth-order valence-corrected chi connectivity index (χ4v) is 3.70. The average molecular weight is 294 g/mol. The molecule has 2 aromatic rings. The van der Waals surface area contributed by atoms with Crippen molar-refractivity contribution in [3.05, 3.63) is 21.7 Å². The number of nitrogens with one attached hydrogen (secondary N) is 1. The van der Waals surface area contributed by atoms with Crippen LogP contribution < -0.4 is 5.32 Å². The molecule has 7 heteroatoms. The Balaban J connectivity index is 1.78. The van der Waals surface area contributed by atoms with Gasteiger partial charge in [0, 0.05) is 11.9 Å². The van der Waals surface area contributed by atoms with Crippen LogP contribution in [0.1, 0.15) is 32.6 Å². The number of hydrogen-bond donors (Lipinski definition) is 1. The zero-order chi connectivity index (χ0) is 14.1. The monoisotopic (exact) mass is 294 g/mol. The van der Waals surface area contributed by atoms with Crippen LogP contribution in [0.25, 0.3) is 4.96 Å². The Morgan fingerprint density at radius 1 is 1.55 bits per heavy atom. The maximum Gasteiger partial charge on any atom is 0.372 e. The first-order chi connectivity index (χ1) is 9.66. The quantitative estimate of drug-likeness (QED) is 0.691. The Hall–Kier alpha value is -1.63. The van der Waals surface area contributed by atoms with Gasteiger partial charge < -0.3 is 15.4 Å². The first-order valence-electron chi connectivity index (χ1n) is 7.00. The Bertz CT molecular complexity index is 621. The molecule has 1 saturated carbocycles. The van der Waals surface area contributed by atoms with E-state index in [0.717, 1.165) is 6.54 Å². The van der Waals surface area contributed by atoms with Crippen LogP contribution in [-0.4, -0.2) is 20.9 Å². The Kier molecular flexibility index (Phi) is 3.60. The minimum Gasteiger partial charge on any atom is -0.363 e. The Morgan fingerprint density at radius 2 is 2.35 bits per heavy atom. The van der Waals surface area contributed by atoms with Crippen molar-refractivity contribution in [1.29, 1.82) is 0 Å². The van der Waals surface area contributed by atoms with Gasteiger partial charge in [0.15, 0.2) is 0 Å². The molecule has 2 aromatic heterocycles. The molecule has 3 rings (SSSR count). The average Bonchev–Trinajstić information content (AvgIpc) is 2.97. The van der Waals surface area contributed by atoms with E-state index in [0.29, 0.717) is 22.6 Å². The van der Waals surface area contributed by atoms with Crippen molar-refractivity contribution in [3.8, 4) is 0 Å². The molecule has 108 valence electrons. The van der Waals surface area contributed by atoms with Crippen molar-refractivity contribution in [1.82, 2.24) is 9.38 Å². The van der Waals surface area contributed by atoms with Gasteiger partial charge in [0.05, 0.1) is 0 Å². The maximum atomic E-state index is 11.2. The van der Waals surface area contributed by atoms with E-state index < -0.39 is 0 Å². The standard InChI is InChI=1S/C13H18N4O2S/c1-9-4-2-3-5-10(9)8-14-11-12(17(18)19)16-6-7-20-13(16)15-11/h6-7,9-10,14H,2-5,8H2,1H3. The fourth-order valence-electron chi connectivity index (χ4n) is 2.99. The van der Waals surface area contributed by atoms with Gasteiger partial charge in [-0.25, -0.2) is 0 Å². The van der Waals surface area contributed by atoms with E-state index in [4.69, 9.17) is 0 Å². The third-order valence-corrected chi connectivity index (χ3v) is 4.99. The number of anilines is 1. The highest BCUT2D eigenvalue weighted by atomic mass is 32.1. The maximum absolute atomic E-state index is 11.2. The van der Waals surface area contributed by atoms with Crippen LogP contribution in [0, 0.1) is 22.0 Å². The number of hydrogen-bond acceptors (Lipinski definition) is 5.